The van der Waals surface area contributed by atoms with E-state index in [1.165, 1.54) is 0 Å². The van der Waals surface area contributed by atoms with E-state index in [1.807, 2.05) is 13.1 Å². The minimum atomic E-state index is -2.29. The van der Waals surface area contributed by atoms with Crippen LogP contribution in [0, 0.1) is 0 Å². The molecule has 0 N–H and O–H groups in total. The highest BCUT2D eigenvalue weighted by atomic mass is 35.5. The third-order valence-corrected chi connectivity index (χ3v) is 8.92. The Hall–Kier alpha value is -1.17. The molecule has 1 atom stereocenters. The molecule has 0 amide bonds. The van der Waals surface area contributed by atoms with Gasteiger partial charge in [0.1, 0.15) is 11.7 Å². The summed E-state index contributed by atoms with van der Waals surface area (Å²) >= 11 is 5.94. The summed E-state index contributed by atoms with van der Waals surface area (Å²) in [5.41, 5.74) is -0.140. The highest BCUT2D eigenvalue weighted by Crippen LogP contribution is 2.40. The van der Waals surface area contributed by atoms with Crippen molar-refractivity contribution in [3.63, 3.8) is 0 Å². The normalized spacial score (nSPS) is 14.1. The van der Waals surface area contributed by atoms with E-state index in [9.17, 15) is 9.59 Å². The van der Waals surface area contributed by atoms with Gasteiger partial charge in [0.05, 0.1) is 0 Å². The molecule has 0 spiro atoms. The molecule has 0 fully saturated rings. The van der Waals surface area contributed by atoms with E-state index in [-0.39, 0.29) is 5.04 Å². The molecule has 0 aromatic heterocycles. The molecule has 4 nitrogen and oxygen atoms in total. The van der Waals surface area contributed by atoms with Crippen LogP contribution in [0.5, 0.6) is 0 Å². The van der Waals surface area contributed by atoms with Gasteiger partial charge in [-0.1, -0.05) is 44.5 Å². The van der Waals surface area contributed by atoms with E-state index in [0.717, 1.165) is 0 Å². The molecule has 0 aliphatic rings. The van der Waals surface area contributed by atoms with Gasteiger partial charge in [-0.3, -0.25) is 4.79 Å². The Labute approximate surface area is 157 Å². The molecule has 25 heavy (non-hydrogen) atoms. The summed E-state index contributed by atoms with van der Waals surface area (Å²) in [6.45, 7) is 15.5. The van der Waals surface area contributed by atoms with E-state index >= 15 is 0 Å². The molecular weight excluding hydrogens is 356 g/mol. The molecule has 0 bridgehead atoms. The Balaban J connectivity index is 3.22. The average molecular weight is 385 g/mol. The predicted molar refractivity (Wildman–Crippen MR) is 103 cm³/mol. The topological polar surface area (TPSA) is 52.6 Å². The molecule has 140 valence electrons. The number of benzene rings is 1. The summed E-state index contributed by atoms with van der Waals surface area (Å²) in [7, 11) is -2.29. The number of ether oxygens (including phenoxy) is 1. The van der Waals surface area contributed by atoms with E-state index in [0.29, 0.717) is 10.6 Å². The summed E-state index contributed by atoms with van der Waals surface area (Å²) in [5.74, 6) is -1.58. The number of halogens is 1. The Morgan fingerprint density at radius 3 is 1.88 bits per heavy atom. The number of rotatable bonds is 5. The number of hydrogen-bond donors (Lipinski definition) is 0. The zero-order valence-electron chi connectivity index (χ0n) is 16.4. The highest BCUT2D eigenvalue weighted by molar-refractivity contribution is 6.74. The van der Waals surface area contributed by atoms with Crippen LogP contribution in [-0.4, -0.2) is 25.7 Å². The van der Waals surface area contributed by atoms with Crippen LogP contribution >= 0.6 is 11.6 Å². The van der Waals surface area contributed by atoms with Crippen LogP contribution in [0.2, 0.25) is 23.2 Å². The van der Waals surface area contributed by atoms with Crippen LogP contribution in [0.25, 0.3) is 0 Å². The summed E-state index contributed by atoms with van der Waals surface area (Å²) in [4.78, 5) is 25.1. The van der Waals surface area contributed by atoms with Gasteiger partial charge in [-0.15, -0.1) is 0 Å². The maximum atomic E-state index is 12.8. The quantitative estimate of drug-likeness (QED) is 0.392. The molecule has 0 aliphatic carbocycles. The van der Waals surface area contributed by atoms with Crippen molar-refractivity contribution in [1.29, 1.82) is 0 Å². The van der Waals surface area contributed by atoms with Crippen LogP contribution in [-0.2, 0) is 18.8 Å². The van der Waals surface area contributed by atoms with Gasteiger partial charge in [0.2, 0.25) is 0 Å². The first kappa shape index (κ1) is 21.9. The van der Waals surface area contributed by atoms with Crippen molar-refractivity contribution in [3.05, 3.63) is 34.9 Å². The van der Waals surface area contributed by atoms with E-state index < -0.39 is 31.8 Å². The third-order valence-electron chi connectivity index (χ3n) is 4.23. The molecular formula is C19H29ClO4Si. The number of carbonyl (C=O) groups is 2. The fourth-order valence-corrected chi connectivity index (χ4v) is 3.13. The maximum absolute atomic E-state index is 12.8. The summed E-state index contributed by atoms with van der Waals surface area (Å²) < 4.78 is 11.5. The Morgan fingerprint density at radius 1 is 1.00 bits per heavy atom. The molecule has 0 saturated carbocycles. The Kier molecular flexibility index (Phi) is 6.65. The van der Waals surface area contributed by atoms with Crippen molar-refractivity contribution in [2.24, 2.45) is 0 Å². The van der Waals surface area contributed by atoms with Crippen molar-refractivity contribution in [2.75, 3.05) is 0 Å². The lowest BCUT2D eigenvalue weighted by atomic mass is 10.1. The molecule has 0 aliphatic heterocycles. The second kappa shape index (κ2) is 7.60. The van der Waals surface area contributed by atoms with Gasteiger partial charge in [0, 0.05) is 5.02 Å². The minimum Gasteiger partial charge on any atom is -0.454 e. The van der Waals surface area contributed by atoms with Gasteiger partial charge in [0.25, 0.3) is 5.78 Å². The van der Waals surface area contributed by atoms with Crippen molar-refractivity contribution in [2.45, 2.75) is 71.4 Å². The second-order valence-corrected chi connectivity index (χ2v) is 13.9. The largest absolute Gasteiger partial charge is 0.454 e. The number of Topliss-reactive ketones (excluding diaryl/α,β-unsaturated/α-hetero) is 1. The molecule has 1 aromatic rings. The molecule has 0 saturated heterocycles. The van der Waals surface area contributed by atoms with E-state index in [1.54, 1.807) is 45.0 Å². The van der Waals surface area contributed by atoms with Gasteiger partial charge < -0.3 is 9.16 Å². The van der Waals surface area contributed by atoms with Crippen LogP contribution in [0.3, 0.4) is 0 Å². The number of esters is 1. The van der Waals surface area contributed by atoms with Crippen LogP contribution in [0.1, 0.15) is 53.2 Å². The standard InChI is InChI=1S/C19H29ClO4Si/c1-18(2,3)23-17(22)15(21)16(13-9-11-14(20)12-10-13)24-25(7,8)19(4,5)6/h9-12,16H,1-8H3. The Bertz CT molecular complexity index is 624. The monoisotopic (exact) mass is 384 g/mol. The highest BCUT2D eigenvalue weighted by Gasteiger charge is 2.43. The number of ketones is 1. The molecule has 0 radical (unpaired) electrons. The smallest absolute Gasteiger partial charge is 0.378 e. The Morgan fingerprint density at radius 2 is 1.48 bits per heavy atom. The van der Waals surface area contributed by atoms with Gasteiger partial charge in [-0.25, -0.2) is 4.79 Å². The summed E-state index contributed by atoms with van der Waals surface area (Å²) in [6.07, 6.45) is -0.993. The SMILES string of the molecule is CC(C)(C)OC(=O)C(=O)C(O[Si](C)(C)C(C)(C)C)c1ccc(Cl)cc1. The maximum Gasteiger partial charge on any atom is 0.378 e. The van der Waals surface area contributed by atoms with E-state index in [2.05, 4.69) is 20.8 Å². The van der Waals surface area contributed by atoms with Gasteiger partial charge in [0.15, 0.2) is 8.32 Å². The van der Waals surface area contributed by atoms with Gasteiger partial charge in [-0.05, 0) is 56.6 Å². The van der Waals surface area contributed by atoms with Crippen molar-refractivity contribution < 1.29 is 18.8 Å². The minimum absolute atomic E-state index is 0.105. The number of hydrogen-bond acceptors (Lipinski definition) is 4. The van der Waals surface area contributed by atoms with E-state index in [4.69, 9.17) is 20.8 Å². The summed E-state index contributed by atoms with van der Waals surface area (Å²) in [6, 6.07) is 6.79. The number of carbonyl (C=O) groups excluding carboxylic acids is 2. The fraction of sp³-hybridized carbons (Fsp3) is 0.579. The third kappa shape index (κ3) is 6.24. The molecule has 1 unspecified atom stereocenters. The zero-order valence-corrected chi connectivity index (χ0v) is 18.2. The fourth-order valence-electron chi connectivity index (χ4n) is 1.82. The van der Waals surface area contributed by atoms with Gasteiger partial charge >= 0.3 is 5.97 Å². The lowest BCUT2D eigenvalue weighted by Crippen LogP contribution is -2.44. The first-order valence-electron chi connectivity index (χ1n) is 8.34. The molecule has 1 rings (SSSR count). The summed E-state index contributed by atoms with van der Waals surface area (Å²) in [5, 5.41) is 0.450. The zero-order chi connectivity index (χ0) is 19.6. The van der Waals surface area contributed by atoms with Crippen molar-refractivity contribution >= 4 is 31.7 Å². The second-order valence-electron chi connectivity index (χ2n) is 8.68. The van der Waals surface area contributed by atoms with Crippen molar-refractivity contribution in [3.8, 4) is 0 Å². The molecule has 0 heterocycles. The lowest BCUT2D eigenvalue weighted by Gasteiger charge is -2.38. The van der Waals surface area contributed by atoms with Crippen molar-refractivity contribution in [1.82, 2.24) is 0 Å². The van der Waals surface area contributed by atoms with Crippen LogP contribution in [0.15, 0.2) is 24.3 Å². The lowest BCUT2D eigenvalue weighted by molar-refractivity contribution is -0.165. The molecule has 6 heteroatoms. The van der Waals surface area contributed by atoms with Gasteiger partial charge in [-0.2, -0.15) is 0 Å². The molecule has 1 aromatic carbocycles. The van der Waals surface area contributed by atoms with Crippen LogP contribution < -0.4 is 0 Å². The average Bonchev–Trinajstić information content (AvgIpc) is 2.42. The van der Waals surface area contributed by atoms with Crippen LogP contribution in [0.4, 0.5) is 0 Å². The first-order chi connectivity index (χ1) is 11.1. The predicted octanol–water partition coefficient (Wildman–Crippen LogP) is 5.31. The first-order valence-corrected chi connectivity index (χ1v) is 11.6.